The largest absolute Gasteiger partial charge is 0.497 e. The van der Waals surface area contributed by atoms with Crippen molar-refractivity contribution in [2.75, 3.05) is 19.0 Å². The Bertz CT molecular complexity index is 477. The molecule has 0 saturated carbocycles. The van der Waals surface area contributed by atoms with E-state index in [2.05, 4.69) is 28.5 Å². The van der Waals surface area contributed by atoms with Gasteiger partial charge in [0.15, 0.2) is 0 Å². The maximum Gasteiger partial charge on any atom is 0.125 e. The molecule has 18 heavy (non-hydrogen) atoms. The predicted octanol–water partition coefficient (Wildman–Crippen LogP) is 3.05. The number of aryl methyl sites for hydroxylation is 1. The van der Waals surface area contributed by atoms with Gasteiger partial charge in [-0.2, -0.15) is 0 Å². The lowest BCUT2D eigenvalue weighted by atomic mass is 10.1. The van der Waals surface area contributed by atoms with E-state index in [0.29, 0.717) is 0 Å². The van der Waals surface area contributed by atoms with Crippen molar-refractivity contribution in [1.82, 2.24) is 4.98 Å². The summed E-state index contributed by atoms with van der Waals surface area (Å²) in [6.45, 7) is 2.91. The molecule has 1 heterocycles. The lowest BCUT2D eigenvalue weighted by Gasteiger charge is -2.06. The van der Waals surface area contributed by atoms with Crippen LogP contribution in [0.15, 0.2) is 42.6 Å². The number of hydrogen-bond donors (Lipinski definition) is 1. The Labute approximate surface area is 108 Å². The molecular formula is C15H18N2O. The monoisotopic (exact) mass is 242 g/mol. The summed E-state index contributed by atoms with van der Waals surface area (Å²) >= 11 is 0. The van der Waals surface area contributed by atoms with Crippen LogP contribution in [-0.2, 0) is 6.42 Å². The summed E-state index contributed by atoms with van der Waals surface area (Å²) in [4.78, 5) is 4.31. The van der Waals surface area contributed by atoms with E-state index >= 15 is 0 Å². The number of ether oxygens (including phenoxy) is 1. The normalized spacial score (nSPS) is 10.1. The zero-order valence-electron chi connectivity index (χ0n) is 10.8. The summed E-state index contributed by atoms with van der Waals surface area (Å²) < 4.78 is 5.13. The minimum absolute atomic E-state index is 0.877. The fraction of sp³-hybridized carbons (Fsp3) is 0.267. The zero-order valence-corrected chi connectivity index (χ0v) is 10.8. The van der Waals surface area contributed by atoms with E-state index in [1.165, 1.54) is 11.1 Å². The Morgan fingerprint density at radius 1 is 1.11 bits per heavy atom. The van der Waals surface area contributed by atoms with Crippen LogP contribution in [0.2, 0.25) is 0 Å². The van der Waals surface area contributed by atoms with Crippen LogP contribution >= 0.6 is 0 Å². The number of nitrogens with zero attached hydrogens (tertiary/aromatic N) is 1. The third-order valence-electron chi connectivity index (χ3n) is 2.79. The van der Waals surface area contributed by atoms with Crippen molar-refractivity contribution in [3.63, 3.8) is 0 Å². The topological polar surface area (TPSA) is 34.1 Å². The second-order valence-electron chi connectivity index (χ2n) is 4.25. The molecule has 0 aliphatic carbocycles. The van der Waals surface area contributed by atoms with Crippen molar-refractivity contribution in [1.29, 1.82) is 0 Å². The molecule has 1 N–H and O–H groups in total. The summed E-state index contributed by atoms with van der Waals surface area (Å²) in [6, 6.07) is 12.2. The first-order chi connectivity index (χ1) is 8.78. The van der Waals surface area contributed by atoms with Crippen LogP contribution in [0.5, 0.6) is 5.75 Å². The second-order valence-corrected chi connectivity index (χ2v) is 4.25. The summed E-state index contributed by atoms with van der Waals surface area (Å²) in [5.74, 6) is 1.82. The zero-order chi connectivity index (χ0) is 12.8. The Morgan fingerprint density at radius 3 is 2.50 bits per heavy atom. The maximum atomic E-state index is 5.13. The molecule has 94 valence electrons. The Balaban J connectivity index is 1.82. The van der Waals surface area contributed by atoms with E-state index in [9.17, 15) is 0 Å². The highest BCUT2D eigenvalue weighted by Crippen LogP contribution is 2.12. The number of nitrogens with one attached hydrogen (secondary N) is 1. The van der Waals surface area contributed by atoms with E-state index in [-0.39, 0.29) is 0 Å². The Kier molecular flexibility index (Phi) is 4.18. The molecule has 0 spiro atoms. The van der Waals surface area contributed by atoms with Crippen molar-refractivity contribution in [2.45, 2.75) is 13.3 Å². The summed E-state index contributed by atoms with van der Waals surface area (Å²) in [7, 11) is 1.68. The van der Waals surface area contributed by atoms with E-state index in [0.717, 1.165) is 24.5 Å². The summed E-state index contributed by atoms with van der Waals surface area (Å²) in [5.41, 5.74) is 2.46. The van der Waals surface area contributed by atoms with Gasteiger partial charge in [0.1, 0.15) is 11.6 Å². The van der Waals surface area contributed by atoms with Gasteiger partial charge < -0.3 is 10.1 Å². The van der Waals surface area contributed by atoms with Gasteiger partial charge in [-0.1, -0.05) is 18.2 Å². The molecule has 0 radical (unpaired) electrons. The number of methoxy groups -OCH3 is 1. The van der Waals surface area contributed by atoms with E-state index in [1.807, 2.05) is 31.3 Å². The fourth-order valence-corrected chi connectivity index (χ4v) is 1.70. The van der Waals surface area contributed by atoms with Gasteiger partial charge in [0.2, 0.25) is 0 Å². The van der Waals surface area contributed by atoms with Crippen molar-refractivity contribution in [3.8, 4) is 5.75 Å². The van der Waals surface area contributed by atoms with Crippen LogP contribution in [0.4, 0.5) is 5.82 Å². The number of hydrogen-bond acceptors (Lipinski definition) is 3. The van der Waals surface area contributed by atoms with Crippen LogP contribution in [0.3, 0.4) is 0 Å². The van der Waals surface area contributed by atoms with Crippen LogP contribution in [-0.4, -0.2) is 18.6 Å². The van der Waals surface area contributed by atoms with Crippen molar-refractivity contribution < 1.29 is 4.74 Å². The minimum atomic E-state index is 0.877. The standard InChI is InChI=1S/C15H18N2O/c1-12-3-8-15(17-11-12)16-10-9-13-4-6-14(18-2)7-5-13/h3-8,11H,9-10H2,1-2H3,(H,16,17). The molecule has 3 heteroatoms. The molecule has 2 aromatic rings. The third kappa shape index (κ3) is 3.48. The fourth-order valence-electron chi connectivity index (χ4n) is 1.70. The molecule has 0 bridgehead atoms. The van der Waals surface area contributed by atoms with Crippen LogP contribution in [0.25, 0.3) is 0 Å². The number of pyridine rings is 1. The molecule has 1 aromatic carbocycles. The predicted molar refractivity (Wildman–Crippen MR) is 74.2 cm³/mol. The minimum Gasteiger partial charge on any atom is -0.497 e. The van der Waals surface area contributed by atoms with Gasteiger partial charge in [-0.25, -0.2) is 4.98 Å². The molecule has 0 saturated heterocycles. The van der Waals surface area contributed by atoms with Gasteiger partial charge in [-0.05, 0) is 42.7 Å². The number of aromatic nitrogens is 1. The quantitative estimate of drug-likeness (QED) is 0.875. The van der Waals surface area contributed by atoms with Gasteiger partial charge in [-0.15, -0.1) is 0 Å². The van der Waals surface area contributed by atoms with E-state index in [4.69, 9.17) is 4.74 Å². The van der Waals surface area contributed by atoms with Crippen LogP contribution in [0, 0.1) is 6.92 Å². The number of benzene rings is 1. The molecule has 0 unspecified atom stereocenters. The van der Waals surface area contributed by atoms with Crippen LogP contribution in [0.1, 0.15) is 11.1 Å². The maximum absolute atomic E-state index is 5.13. The van der Waals surface area contributed by atoms with Crippen molar-refractivity contribution >= 4 is 5.82 Å². The molecule has 3 nitrogen and oxygen atoms in total. The average molecular weight is 242 g/mol. The number of rotatable bonds is 5. The average Bonchev–Trinajstić information content (AvgIpc) is 2.42. The molecular weight excluding hydrogens is 224 g/mol. The molecule has 0 fully saturated rings. The van der Waals surface area contributed by atoms with E-state index < -0.39 is 0 Å². The molecule has 0 amide bonds. The molecule has 0 aliphatic heterocycles. The summed E-state index contributed by atoms with van der Waals surface area (Å²) in [6.07, 6.45) is 2.84. The Hall–Kier alpha value is -2.03. The Morgan fingerprint density at radius 2 is 1.89 bits per heavy atom. The van der Waals surface area contributed by atoms with Gasteiger partial charge in [0, 0.05) is 12.7 Å². The highest BCUT2D eigenvalue weighted by molar-refractivity contribution is 5.35. The molecule has 0 atom stereocenters. The molecule has 0 aliphatic rings. The van der Waals surface area contributed by atoms with Crippen molar-refractivity contribution in [2.24, 2.45) is 0 Å². The molecule has 1 aromatic heterocycles. The first kappa shape index (κ1) is 12.4. The highest BCUT2D eigenvalue weighted by atomic mass is 16.5. The summed E-state index contributed by atoms with van der Waals surface area (Å²) in [5, 5.41) is 3.31. The SMILES string of the molecule is COc1ccc(CCNc2ccc(C)cn2)cc1. The molecule has 2 rings (SSSR count). The van der Waals surface area contributed by atoms with Gasteiger partial charge >= 0.3 is 0 Å². The van der Waals surface area contributed by atoms with E-state index in [1.54, 1.807) is 7.11 Å². The van der Waals surface area contributed by atoms with Gasteiger partial charge in [0.25, 0.3) is 0 Å². The number of anilines is 1. The van der Waals surface area contributed by atoms with Gasteiger partial charge in [-0.3, -0.25) is 0 Å². The van der Waals surface area contributed by atoms with Gasteiger partial charge in [0.05, 0.1) is 7.11 Å². The van der Waals surface area contributed by atoms with Crippen LogP contribution < -0.4 is 10.1 Å². The third-order valence-corrected chi connectivity index (χ3v) is 2.79. The first-order valence-corrected chi connectivity index (χ1v) is 6.07. The second kappa shape index (κ2) is 6.05. The lowest BCUT2D eigenvalue weighted by molar-refractivity contribution is 0.414. The van der Waals surface area contributed by atoms with Crippen molar-refractivity contribution in [3.05, 3.63) is 53.7 Å². The smallest absolute Gasteiger partial charge is 0.125 e. The first-order valence-electron chi connectivity index (χ1n) is 6.07. The lowest BCUT2D eigenvalue weighted by Crippen LogP contribution is -2.06. The highest BCUT2D eigenvalue weighted by Gasteiger charge is 1.96.